The molecular formula is C15H23NO2. The zero-order chi connectivity index (χ0) is 12.6. The number of hydrogen-bond donors (Lipinski definition) is 1. The van der Waals surface area contributed by atoms with Gasteiger partial charge in [0.05, 0.1) is 6.61 Å². The summed E-state index contributed by atoms with van der Waals surface area (Å²) in [4.78, 5) is 0. The molecule has 100 valence electrons. The first kappa shape index (κ1) is 13.5. The Morgan fingerprint density at radius 1 is 1.22 bits per heavy atom. The van der Waals surface area contributed by atoms with Crippen molar-refractivity contribution in [2.75, 3.05) is 20.3 Å². The second-order valence-corrected chi connectivity index (χ2v) is 4.82. The van der Waals surface area contributed by atoms with Gasteiger partial charge in [0.25, 0.3) is 0 Å². The van der Waals surface area contributed by atoms with E-state index in [-0.39, 0.29) is 0 Å². The molecule has 1 aromatic rings. The molecule has 1 aliphatic rings. The summed E-state index contributed by atoms with van der Waals surface area (Å²) in [6.07, 6.45) is 3.50. The molecule has 3 heteroatoms. The van der Waals surface area contributed by atoms with Crippen molar-refractivity contribution in [3.8, 4) is 0 Å². The highest BCUT2D eigenvalue weighted by atomic mass is 16.5. The third kappa shape index (κ3) is 4.09. The molecule has 0 saturated carbocycles. The van der Waals surface area contributed by atoms with E-state index in [1.54, 1.807) is 7.11 Å². The van der Waals surface area contributed by atoms with E-state index in [9.17, 15) is 0 Å². The van der Waals surface area contributed by atoms with Crippen molar-refractivity contribution in [3.63, 3.8) is 0 Å². The van der Waals surface area contributed by atoms with Crippen molar-refractivity contribution in [3.05, 3.63) is 35.4 Å². The van der Waals surface area contributed by atoms with Gasteiger partial charge in [0.2, 0.25) is 0 Å². The lowest BCUT2D eigenvalue weighted by molar-refractivity contribution is 0.142. The number of ether oxygens (including phenoxy) is 2. The van der Waals surface area contributed by atoms with E-state index >= 15 is 0 Å². The zero-order valence-corrected chi connectivity index (χ0v) is 11.2. The van der Waals surface area contributed by atoms with Gasteiger partial charge in [-0.05, 0) is 30.4 Å². The largest absolute Gasteiger partial charge is 0.381 e. The molecule has 1 unspecified atom stereocenters. The number of rotatable bonds is 5. The third-order valence-electron chi connectivity index (χ3n) is 3.45. The molecule has 1 fully saturated rings. The number of benzene rings is 1. The molecule has 0 amide bonds. The van der Waals surface area contributed by atoms with Gasteiger partial charge in [-0.25, -0.2) is 0 Å². The van der Waals surface area contributed by atoms with E-state index in [0.29, 0.717) is 12.6 Å². The molecular weight excluding hydrogens is 226 g/mol. The summed E-state index contributed by atoms with van der Waals surface area (Å²) < 4.78 is 10.7. The molecule has 1 aliphatic heterocycles. The molecule has 1 N–H and O–H groups in total. The summed E-state index contributed by atoms with van der Waals surface area (Å²) in [5, 5.41) is 3.64. The van der Waals surface area contributed by atoms with E-state index in [0.717, 1.165) is 32.6 Å². The fraction of sp³-hybridized carbons (Fsp3) is 0.600. The van der Waals surface area contributed by atoms with Crippen LogP contribution in [0.25, 0.3) is 0 Å². The van der Waals surface area contributed by atoms with Crippen LogP contribution in [0.5, 0.6) is 0 Å². The SMILES string of the molecule is COCc1ccccc1CNC1CCCOCC1. The molecule has 1 heterocycles. The second-order valence-electron chi connectivity index (χ2n) is 4.82. The first-order valence-electron chi connectivity index (χ1n) is 6.77. The maximum Gasteiger partial charge on any atom is 0.0716 e. The molecule has 1 saturated heterocycles. The smallest absolute Gasteiger partial charge is 0.0716 e. The second kappa shape index (κ2) is 7.52. The van der Waals surface area contributed by atoms with Crippen LogP contribution in [0, 0.1) is 0 Å². The maximum absolute atomic E-state index is 5.48. The normalized spacial score (nSPS) is 20.6. The summed E-state index contributed by atoms with van der Waals surface area (Å²) in [6.45, 7) is 3.41. The Balaban J connectivity index is 1.88. The quantitative estimate of drug-likeness (QED) is 0.869. The van der Waals surface area contributed by atoms with Crippen molar-refractivity contribution < 1.29 is 9.47 Å². The van der Waals surface area contributed by atoms with Gasteiger partial charge in [-0.2, -0.15) is 0 Å². The minimum Gasteiger partial charge on any atom is -0.381 e. The topological polar surface area (TPSA) is 30.5 Å². The van der Waals surface area contributed by atoms with Crippen molar-refractivity contribution in [2.45, 2.75) is 38.5 Å². The van der Waals surface area contributed by atoms with Crippen molar-refractivity contribution in [1.29, 1.82) is 0 Å². The van der Waals surface area contributed by atoms with E-state index in [1.165, 1.54) is 17.5 Å². The standard InChI is InChI=1S/C15H23NO2/c1-17-12-14-6-3-2-5-13(14)11-16-15-7-4-9-18-10-8-15/h2-3,5-6,15-16H,4,7-12H2,1H3. The van der Waals surface area contributed by atoms with Gasteiger partial charge in [-0.1, -0.05) is 24.3 Å². The third-order valence-corrected chi connectivity index (χ3v) is 3.45. The van der Waals surface area contributed by atoms with Crippen LogP contribution in [0.2, 0.25) is 0 Å². The molecule has 18 heavy (non-hydrogen) atoms. The zero-order valence-electron chi connectivity index (χ0n) is 11.2. The number of methoxy groups -OCH3 is 1. The fourth-order valence-electron chi connectivity index (χ4n) is 2.39. The Bertz CT molecular complexity index is 346. The average molecular weight is 249 g/mol. The van der Waals surface area contributed by atoms with Crippen molar-refractivity contribution in [1.82, 2.24) is 5.32 Å². The van der Waals surface area contributed by atoms with E-state index in [1.807, 2.05) is 0 Å². The Kier molecular flexibility index (Phi) is 5.65. The van der Waals surface area contributed by atoms with Crippen LogP contribution in [-0.4, -0.2) is 26.4 Å². The molecule has 0 bridgehead atoms. The first-order valence-corrected chi connectivity index (χ1v) is 6.77. The summed E-state index contributed by atoms with van der Waals surface area (Å²) in [5.41, 5.74) is 2.61. The van der Waals surface area contributed by atoms with Gasteiger partial charge in [-0.3, -0.25) is 0 Å². The van der Waals surface area contributed by atoms with Gasteiger partial charge in [-0.15, -0.1) is 0 Å². The Morgan fingerprint density at radius 3 is 2.89 bits per heavy atom. The molecule has 1 aromatic carbocycles. The molecule has 0 aliphatic carbocycles. The highest BCUT2D eigenvalue weighted by Gasteiger charge is 2.12. The van der Waals surface area contributed by atoms with Crippen LogP contribution in [0.4, 0.5) is 0 Å². The highest BCUT2D eigenvalue weighted by Crippen LogP contribution is 2.12. The summed E-state index contributed by atoms with van der Waals surface area (Å²) in [5.74, 6) is 0. The van der Waals surface area contributed by atoms with Gasteiger partial charge in [0.1, 0.15) is 0 Å². The Hall–Kier alpha value is -0.900. The van der Waals surface area contributed by atoms with Crippen molar-refractivity contribution in [2.24, 2.45) is 0 Å². The summed E-state index contributed by atoms with van der Waals surface area (Å²) >= 11 is 0. The lowest BCUT2D eigenvalue weighted by atomic mass is 10.1. The Labute approximate surface area is 109 Å². The summed E-state index contributed by atoms with van der Waals surface area (Å²) in [7, 11) is 1.74. The van der Waals surface area contributed by atoms with Gasteiger partial charge >= 0.3 is 0 Å². The monoisotopic (exact) mass is 249 g/mol. The van der Waals surface area contributed by atoms with E-state index < -0.39 is 0 Å². The minimum absolute atomic E-state index is 0.586. The van der Waals surface area contributed by atoms with Crippen LogP contribution >= 0.6 is 0 Å². The predicted molar refractivity (Wildman–Crippen MR) is 72.5 cm³/mol. The molecule has 1 atom stereocenters. The van der Waals surface area contributed by atoms with Crippen molar-refractivity contribution >= 4 is 0 Å². The Morgan fingerprint density at radius 2 is 2.06 bits per heavy atom. The predicted octanol–water partition coefficient (Wildman–Crippen LogP) is 2.49. The van der Waals surface area contributed by atoms with Crippen LogP contribution in [0.3, 0.4) is 0 Å². The molecule has 0 aromatic heterocycles. The molecule has 2 rings (SSSR count). The lowest BCUT2D eigenvalue weighted by Crippen LogP contribution is -2.29. The van der Waals surface area contributed by atoms with Crippen LogP contribution < -0.4 is 5.32 Å². The lowest BCUT2D eigenvalue weighted by Gasteiger charge is -2.17. The minimum atomic E-state index is 0.586. The number of nitrogens with one attached hydrogen (secondary N) is 1. The first-order chi connectivity index (χ1) is 8.90. The molecule has 3 nitrogen and oxygen atoms in total. The maximum atomic E-state index is 5.48. The molecule has 0 radical (unpaired) electrons. The highest BCUT2D eigenvalue weighted by molar-refractivity contribution is 5.26. The number of hydrogen-bond acceptors (Lipinski definition) is 3. The van der Waals surface area contributed by atoms with Crippen LogP contribution in [0.1, 0.15) is 30.4 Å². The van der Waals surface area contributed by atoms with Crippen LogP contribution in [0.15, 0.2) is 24.3 Å². The average Bonchev–Trinajstić information content (AvgIpc) is 2.67. The van der Waals surface area contributed by atoms with Gasteiger partial charge in [0, 0.05) is 32.9 Å². The molecule has 0 spiro atoms. The summed E-state index contributed by atoms with van der Waals surface area (Å²) in [6, 6.07) is 9.05. The fourth-order valence-corrected chi connectivity index (χ4v) is 2.39. The van der Waals surface area contributed by atoms with Gasteiger partial charge < -0.3 is 14.8 Å². The van der Waals surface area contributed by atoms with Crippen LogP contribution in [-0.2, 0) is 22.6 Å². The van der Waals surface area contributed by atoms with E-state index in [2.05, 4.69) is 29.6 Å². The van der Waals surface area contributed by atoms with Gasteiger partial charge in [0.15, 0.2) is 0 Å². The van der Waals surface area contributed by atoms with E-state index in [4.69, 9.17) is 9.47 Å².